The number of carboxylic acid groups (broad SMARTS) is 1. The van der Waals surface area contributed by atoms with Crippen LogP contribution in [0.3, 0.4) is 0 Å². The summed E-state index contributed by atoms with van der Waals surface area (Å²) >= 11 is 0. The molecule has 0 bridgehead atoms. The van der Waals surface area contributed by atoms with Crippen molar-refractivity contribution in [3.63, 3.8) is 0 Å². The second-order valence-electron chi connectivity index (χ2n) is 8.07. The number of benzene rings is 3. The lowest BCUT2D eigenvalue weighted by Crippen LogP contribution is -2.20. The first kappa shape index (κ1) is 25.5. The summed E-state index contributed by atoms with van der Waals surface area (Å²) in [5.41, 5.74) is 3.41. The molecular formula is C28H29FN2O4. The van der Waals surface area contributed by atoms with E-state index >= 15 is 0 Å². The van der Waals surface area contributed by atoms with Gasteiger partial charge in [-0.15, -0.1) is 0 Å². The number of allylic oxidation sites excluding steroid dienone is 2. The fourth-order valence-electron chi connectivity index (χ4n) is 3.57. The van der Waals surface area contributed by atoms with Crippen molar-refractivity contribution in [1.82, 2.24) is 0 Å². The van der Waals surface area contributed by atoms with Crippen LogP contribution in [0.1, 0.15) is 41.8 Å². The van der Waals surface area contributed by atoms with Gasteiger partial charge >= 0.3 is 12.0 Å². The first-order valence-corrected chi connectivity index (χ1v) is 11.4. The molecule has 2 amide bonds. The number of hydrogen-bond donors (Lipinski definition) is 3. The second kappa shape index (κ2) is 11.8. The Labute approximate surface area is 204 Å². The van der Waals surface area contributed by atoms with Crippen molar-refractivity contribution in [3.05, 3.63) is 89.3 Å². The van der Waals surface area contributed by atoms with E-state index in [4.69, 9.17) is 4.74 Å². The van der Waals surface area contributed by atoms with Gasteiger partial charge in [0.2, 0.25) is 0 Å². The van der Waals surface area contributed by atoms with Crippen LogP contribution < -0.4 is 15.4 Å². The van der Waals surface area contributed by atoms with E-state index in [2.05, 4.69) is 10.6 Å². The molecule has 0 saturated carbocycles. The van der Waals surface area contributed by atoms with Crippen LogP contribution in [0.15, 0.2) is 66.7 Å². The average molecular weight is 477 g/mol. The Hall–Kier alpha value is -4.13. The van der Waals surface area contributed by atoms with Gasteiger partial charge in [-0.25, -0.2) is 14.0 Å². The number of aryl methyl sites for hydroxylation is 1. The Balaban J connectivity index is 2.10. The minimum atomic E-state index is -1.17. The first-order chi connectivity index (χ1) is 16.8. The van der Waals surface area contributed by atoms with Gasteiger partial charge in [0.15, 0.2) is 0 Å². The molecule has 0 aliphatic heterocycles. The van der Waals surface area contributed by atoms with Crippen molar-refractivity contribution in [3.8, 4) is 16.9 Å². The molecule has 0 aromatic heterocycles. The van der Waals surface area contributed by atoms with E-state index in [-0.39, 0.29) is 11.1 Å². The van der Waals surface area contributed by atoms with Gasteiger partial charge in [-0.2, -0.15) is 0 Å². The highest BCUT2D eigenvalue weighted by molar-refractivity contribution is 6.02. The van der Waals surface area contributed by atoms with Crippen molar-refractivity contribution in [2.75, 3.05) is 17.2 Å². The van der Waals surface area contributed by atoms with E-state index in [9.17, 15) is 19.1 Å². The molecule has 0 saturated heterocycles. The van der Waals surface area contributed by atoms with Crippen LogP contribution in [0, 0.1) is 12.7 Å². The smallest absolute Gasteiger partial charge is 0.336 e. The molecule has 0 aliphatic rings. The lowest BCUT2D eigenvalue weighted by atomic mass is 9.95. The molecule has 3 N–H and O–H groups in total. The maximum atomic E-state index is 14.1. The van der Waals surface area contributed by atoms with E-state index in [1.807, 2.05) is 45.1 Å². The van der Waals surface area contributed by atoms with Crippen LogP contribution in [0.5, 0.6) is 5.75 Å². The van der Waals surface area contributed by atoms with Crippen molar-refractivity contribution >= 4 is 23.4 Å². The highest BCUT2D eigenvalue weighted by Gasteiger charge is 2.19. The van der Waals surface area contributed by atoms with Crippen molar-refractivity contribution in [1.29, 1.82) is 0 Å². The summed E-state index contributed by atoms with van der Waals surface area (Å²) in [6, 6.07) is 13.8. The Morgan fingerprint density at radius 2 is 1.80 bits per heavy atom. The zero-order chi connectivity index (χ0) is 25.4. The third-order valence-electron chi connectivity index (χ3n) is 5.27. The molecule has 35 heavy (non-hydrogen) atoms. The van der Waals surface area contributed by atoms with Crippen LogP contribution in [0.2, 0.25) is 0 Å². The summed E-state index contributed by atoms with van der Waals surface area (Å²) in [4.78, 5) is 24.7. The number of carbonyl (C=O) groups is 2. The van der Waals surface area contributed by atoms with E-state index in [0.29, 0.717) is 35.7 Å². The number of aromatic carboxylic acids is 1. The van der Waals surface area contributed by atoms with Crippen molar-refractivity contribution in [2.24, 2.45) is 0 Å². The van der Waals surface area contributed by atoms with E-state index in [1.54, 1.807) is 24.3 Å². The number of carbonyl (C=O) groups excluding carboxylic acids is 1. The molecule has 0 fully saturated rings. The zero-order valence-corrected chi connectivity index (χ0v) is 20.0. The largest absolute Gasteiger partial charge is 0.491 e. The number of urea groups is 1. The molecule has 0 unspecified atom stereocenters. The van der Waals surface area contributed by atoms with Crippen molar-refractivity contribution in [2.45, 2.75) is 33.6 Å². The zero-order valence-electron chi connectivity index (χ0n) is 20.0. The van der Waals surface area contributed by atoms with Crippen LogP contribution in [-0.4, -0.2) is 23.7 Å². The van der Waals surface area contributed by atoms with E-state index < -0.39 is 17.8 Å². The number of nitrogens with one attached hydrogen (secondary N) is 2. The summed E-state index contributed by atoms with van der Waals surface area (Å²) in [5, 5.41) is 15.3. The summed E-state index contributed by atoms with van der Waals surface area (Å²) in [6.07, 6.45) is 5.05. The van der Waals surface area contributed by atoms with E-state index in [0.717, 1.165) is 23.6 Å². The molecule has 3 rings (SSSR count). The fraction of sp³-hybridized carbons (Fsp3) is 0.214. The highest BCUT2D eigenvalue weighted by Crippen LogP contribution is 2.37. The topological polar surface area (TPSA) is 87.7 Å². The Morgan fingerprint density at radius 1 is 1.06 bits per heavy atom. The number of carboxylic acids is 1. The van der Waals surface area contributed by atoms with Gasteiger partial charge in [0.05, 0.1) is 17.9 Å². The average Bonchev–Trinajstić information content (AvgIpc) is 2.83. The number of halogens is 1. The quantitative estimate of drug-likeness (QED) is 0.289. The third-order valence-corrected chi connectivity index (χ3v) is 5.27. The molecule has 3 aromatic carbocycles. The lowest BCUT2D eigenvalue weighted by molar-refractivity contribution is 0.0697. The molecule has 6 nitrogen and oxygen atoms in total. The summed E-state index contributed by atoms with van der Waals surface area (Å²) in [6.45, 7) is 6.25. The van der Waals surface area contributed by atoms with Gasteiger partial charge < -0.3 is 20.5 Å². The van der Waals surface area contributed by atoms with Gasteiger partial charge in [0.1, 0.15) is 11.6 Å². The standard InChI is InChI=1S/C28H29FN2O4/c1-4-6-7-19-15-20(24-17-21(29)10-13-23(24)27(32)33)16-25(26(19)35-14-5-2)31-28(34)30-22-11-8-18(3)9-12-22/h4,6,8-13,15-17H,5,7,14H2,1-3H3,(H,32,33)(H2,30,31,34). The van der Waals surface area contributed by atoms with Crippen LogP contribution in [0.4, 0.5) is 20.6 Å². The number of anilines is 2. The van der Waals surface area contributed by atoms with Gasteiger partial charge in [0, 0.05) is 11.3 Å². The normalized spacial score (nSPS) is 10.9. The molecule has 3 aromatic rings. The lowest BCUT2D eigenvalue weighted by Gasteiger charge is -2.19. The molecule has 0 spiro atoms. The molecule has 0 heterocycles. The summed E-state index contributed by atoms with van der Waals surface area (Å²) < 4.78 is 20.1. The number of amides is 2. The van der Waals surface area contributed by atoms with E-state index in [1.165, 1.54) is 12.1 Å². The summed E-state index contributed by atoms with van der Waals surface area (Å²) in [5.74, 6) is -1.24. The number of ether oxygens (including phenoxy) is 1. The number of rotatable bonds is 9. The SMILES string of the molecule is CC=CCc1cc(-c2cc(F)ccc2C(=O)O)cc(NC(=O)Nc2ccc(C)cc2)c1OCCC. The molecular weight excluding hydrogens is 447 g/mol. The third kappa shape index (κ3) is 6.69. The van der Waals surface area contributed by atoms with Crippen LogP contribution in [-0.2, 0) is 6.42 Å². The molecule has 182 valence electrons. The maximum Gasteiger partial charge on any atom is 0.336 e. The first-order valence-electron chi connectivity index (χ1n) is 11.4. The fourth-order valence-corrected chi connectivity index (χ4v) is 3.57. The van der Waals surface area contributed by atoms with Crippen molar-refractivity contribution < 1.29 is 23.8 Å². The minimum Gasteiger partial charge on any atom is -0.491 e. The van der Waals surface area contributed by atoms with Crippen LogP contribution >= 0.6 is 0 Å². The second-order valence-corrected chi connectivity index (χ2v) is 8.07. The molecule has 0 aliphatic carbocycles. The Morgan fingerprint density at radius 3 is 2.46 bits per heavy atom. The van der Waals surface area contributed by atoms with Crippen LogP contribution in [0.25, 0.3) is 11.1 Å². The van der Waals surface area contributed by atoms with Gasteiger partial charge in [0.25, 0.3) is 0 Å². The Bertz CT molecular complexity index is 1240. The monoisotopic (exact) mass is 476 g/mol. The number of hydrogen-bond acceptors (Lipinski definition) is 3. The predicted octanol–water partition coefficient (Wildman–Crippen LogP) is 7.05. The molecule has 0 radical (unpaired) electrons. The molecule has 0 atom stereocenters. The predicted molar refractivity (Wildman–Crippen MR) is 137 cm³/mol. The van der Waals surface area contributed by atoms with Gasteiger partial charge in [-0.1, -0.05) is 36.8 Å². The molecule has 7 heteroatoms. The van der Waals surface area contributed by atoms with Gasteiger partial charge in [-0.3, -0.25) is 0 Å². The Kier molecular flexibility index (Phi) is 8.62. The minimum absolute atomic E-state index is 0.0410. The highest BCUT2D eigenvalue weighted by atomic mass is 19.1. The summed E-state index contributed by atoms with van der Waals surface area (Å²) in [7, 11) is 0. The van der Waals surface area contributed by atoms with Gasteiger partial charge in [-0.05, 0) is 80.3 Å². The maximum absolute atomic E-state index is 14.1.